The topological polar surface area (TPSA) is 38.1 Å². The molecule has 2 heterocycles. The Kier molecular flexibility index (Phi) is 2.86. The van der Waals surface area contributed by atoms with Crippen molar-refractivity contribution in [2.45, 2.75) is 27.2 Å². The van der Waals surface area contributed by atoms with E-state index in [2.05, 4.69) is 31.1 Å². The smallest absolute Gasteiger partial charge is 0.139 e. The lowest BCUT2D eigenvalue weighted by Crippen LogP contribution is -2.13. The summed E-state index contributed by atoms with van der Waals surface area (Å²) in [6.07, 6.45) is 4.58. The SMILES string of the molecule is CC(C)(C)CCNc1nccc2occc12. The van der Waals surface area contributed by atoms with Gasteiger partial charge in [-0.25, -0.2) is 4.98 Å². The van der Waals surface area contributed by atoms with Crippen LogP contribution in [0.1, 0.15) is 27.2 Å². The lowest BCUT2D eigenvalue weighted by Gasteiger charge is -2.18. The van der Waals surface area contributed by atoms with E-state index < -0.39 is 0 Å². The minimum absolute atomic E-state index is 0.345. The van der Waals surface area contributed by atoms with Crippen molar-refractivity contribution in [2.75, 3.05) is 11.9 Å². The summed E-state index contributed by atoms with van der Waals surface area (Å²) in [7, 11) is 0. The number of aromatic nitrogens is 1. The first-order chi connectivity index (χ1) is 7.56. The molecule has 2 rings (SSSR count). The van der Waals surface area contributed by atoms with Crippen LogP contribution in [0.4, 0.5) is 5.82 Å². The van der Waals surface area contributed by atoms with Crippen LogP contribution in [0, 0.1) is 5.41 Å². The molecule has 3 heteroatoms. The highest BCUT2D eigenvalue weighted by atomic mass is 16.3. The quantitative estimate of drug-likeness (QED) is 0.854. The fourth-order valence-corrected chi connectivity index (χ4v) is 1.59. The van der Waals surface area contributed by atoms with Crippen LogP contribution >= 0.6 is 0 Å². The molecule has 0 bridgehead atoms. The van der Waals surface area contributed by atoms with Gasteiger partial charge in [-0.2, -0.15) is 0 Å². The summed E-state index contributed by atoms with van der Waals surface area (Å²) in [4.78, 5) is 4.33. The van der Waals surface area contributed by atoms with E-state index in [9.17, 15) is 0 Å². The molecule has 0 aromatic carbocycles. The summed E-state index contributed by atoms with van der Waals surface area (Å²) in [5.41, 5.74) is 1.23. The third-order valence-electron chi connectivity index (χ3n) is 2.55. The largest absolute Gasteiger partial charge is 0.464 e. The fourth-order valence-electron chi connectivity index (χ4n) is 1.59. The molecule has 0 saturated heterocycles. The highest BCUT2D eigenvalue weighted by molar-refractivity contribution is 5.87. The highest BCUT2D eigenvalue weighted by Gasteiger charge is 2.10. The second-order valence-electron chi connectivity index (χ2n) is 5.23. The van der Waals surface area contributed by atoms with Crippen molar-refractivity contribution in [1.82, 2.24) is 4.98 Å². The Labute approximate surface area is 95.9 Å². The zero-order valence-electron chi connectivity index (χ0n) is 10.1. The van der Waals surface area contributed by atoms with Crippen LogP contribution in [0.15, 0.2) is 29.0 Å². The third-order valence-corrected chi connectivity index (χ3v) is 2.55. The summed E-state index contributed by atoms with van der Waals surface area (Å²) in [6.45, 7) is 7.64. The van der Waals surface area contributed by atoms with Crippen molar-refractivity contribution >= 4 is 16.8 Å². The van der Waals surface area contributed by atoms with Gasteiger partial charge in [0, 0.05) is 12.7 Å². The Morgan fingerprint density at radius 1 is 1.31 bits per heavy atom. The van der Waals surface area contributed by atoms with Crippen LogP contribution in [0.5, 0.6) is 0 Å². The summed E-state index contributed by atoms with van der Waals surface area (Å²) < 4.78 is 5.33. The van der Waals surface area contributed by atoms with Crippen molar-refractivity contribution in [3.63, 3.8) is 0 Å². The summed E-state index contributed by atoms with van der Waals surface area (Å²) in [6, 6.07) is 3.83. The maximum absolute atomic E-state index is 5.33. The van der Waals surface area contributed by atoms with Crippen LogP contribution in [-0.2, 0) is 0 Å². The second kappa shape index (κ2) is 4.16. The van der Waals surface area contributed by atoms with Gasteiger partial charge in [0.1, 0.15) is 11.4 Å². The van der Waals surface area contributed by atoms with Gasteiger partial charge < -0.3 is 9.73 Å². The molecule has 16 heavy (non-hydrogen) atoms. The lowest BCUT2D eigenvalue weighted by molar-refractivity contribution is 0.389. The Morgan fingerprint density at radius 3 is 2.88 bits per heavy atom. The number of nitrogens with zero attached hydrogens (tertiary/aromatic N) is 1. The normalized spacial score (nSPS) is 11.9. The van der Waals surface area contributed by atoms with E-state index in [0.717, 1.165) is 29.8 Å². The molecule has 2 aromatic heterocycles. The van der Waals surface area contributed by atoms with Crippen LogP contribution in [0.3, 0.4) is 0 Å². The molecule has 0 aliphatic carbocycles. The van der Waals surface area contributed by atoms with Gasteiger partial charge in [-0.15, -0.1) is 0 Å². The minimum Gasteiger partial charge on any atom is -0.464 e. The molecule has 1 N–H and O–H groups in total. The standard InChI is InChI=1S/C13H18N2O/c1-13(2,3)6-8-15-12-10-5-9-16-11(10)4-7-14-12/h4-5,7,9H,6,8H2,1-3H3,(H,14,15). The highest BCUT2D eigenvalue weighted by Crippen LogP contribution is 2.23. The summed E-state index contributed by atoms with van der Waals surface area (Å²) in [5, 5.41) is 4.41. The molecule has 0 spiro atoms. The van der Waals surface area contributed by atoms with Gasteiger partial charge in [-0.3, -0.25) is 0 Å². The van der Waals surface area contributed by atoms with Gasteiger partial charge in [0.15, 0.2) is 0 Å². The minimum atomic E-state index is 0.345. The number of nitrogens with one attached hydrogen (secondary N) is 1. The van der Waals surface area contributed by atoms with Gasteiger partial charge in [0.05, 0.1) is 11.6 Å². The number of hydrogen-bond acceptors (Lipinski definition) is 3. The summed E-state index contributed by atoms with van der Waals surface area (Å²) in [5.74, 6) is 0.913. The van der Waals surface area contributed by atoms with Crippen LogP contribution in [-0.4, -0.2) is 11.5 Å². The first-order valence-corrected chi connectivity index (χ1v) is 5.62. The zero-order chi connectivity index (χ0) is 11.6. The first-order valence-electron chi connectivity index (χ1n) is 5.62. The van der Waals surface area contributed by atoms with Crippen molar-refractivity contribution in [3.05, 3.63) is 24.6 Å². The van der Waals surface area contributed by atoms with Crippen LogP contribution < -0.4 is 5.32 Å². The van der Waals surface area contributed by atoms with E-state index in [1.807, 2.05) is 12.1 Å². The number of fused-ring (bicyclic) bond motifs is 1. The molecule has 0 atom stereocenters. The molecule has 86 valence electrons. The second-order valence-corrected chi connectivity index (χ2v) is 5.23. The van der Waals surface area contributed by atoms with Gasteiger partial charge in [0.2, 0.25) is 0 Å². The summed E-state index contributed by atoms with van der Waals surface area (Å²) >= 11 is 0. The molecule has 0 aliphatic heterocycles. The average molecular weight is 218 g/mol. The number of pyridine rings is 1. The van der Waals surface area contributed by atoms with Crippen molar-refractivity contribution < 1.29 is 4.42 Å². The Bertz CT molecular complexity index is 468. The van der Waals surface area contributed by atoms with Crippen molar-refractivity contribution in [3.8, 4) is 0 Å². The third kappa shape index (κ3) is 2.54. The lowest BCUT2D eigenvalue weighted by atomic mass is 9.92. The molecular formula is C13H18N2O. The predicted octanol–water partition coefficient (Wildman–Crippen LogP) is 3.68. The molecule has 0 saturated carbocycles. The van der Waals surface area contributed by atoms with E-state index in [4.69, 9.17) is 4.42 Å². The van der Waals surface area contributed by atoms with E-state index in [0.29, 0.717) is 5.41 Å². The van der Waals surface area contributed by atoms with Gasteiger partial charge in [-0.05, 0) is 24.0 Å². The maximum atomic E-state index is 5.33. The first kappa shape index (κ1) is 11.0. The number of hydrogen-bond donors (Lipinski definition) is 1. The van der Waals surface area contributed by atoms with Crippen LogP contribution in [0.25, 0.3) is 11.0 Å². The fraction of sp³-hybridized carbons (Fsp3) is 0.462. The number of furan rings is 1. The molecule has 0 amide bonds. The molecule has 0 fully saturated rings. The Morgan fingerprint density at radius 2 is 2.12 bits per heavy atom. The van der Waals surface area contributed by atoms with Gasteiger partial charge in [0.25, 0.3) is 0 Å². The Hall–Kier alpha value is -1.51. The maximum Gasteiger partial charge on any atom is 0.139 e. The molecule has 0 aliphatic rings. The van der Waals surface area contributed by atoms with Gasteiger partial charge in [-0.1, -0.05) is 20.8 Å². The molecule has 0 unspecified atom stereocenters. The molecule has 0 radical (unpaired) electrons. The molecule has 3 nitrogen and oxygen atoms in total. The number of anilines is 1. The molecular weight excluding hydrogens is 200 g/mol. The monoisotopic (exact) mass is 218 g/mol. The number of rotatable bonds is 3. The van der Waals surface area contributed by atoms with Gasteiger partial charge >= 0.3 is 0 Å². The van der Waals surface area contributed by atoms with Crippen molar-refractivity contribution in [1.29, 1.82) is 0 Å². The average Bonchev–Trinajstić information content (AvgIpc) is 2.64. The Balaban J connectivity index is 2.07. The predicted molar refractivity (Wildman–Crippen MR) is 66.6 cm³/mol. The van der Waals surface area contributed by atoms with E-state index in [1.165, 1.54) is 0 Å². The van der Waals surface area contributed by atoms with E-state index in [-0.39, 0.29) is 0 Å². The van der Waals surface area contributed by atoms with Crippen LogP contribution in [0.2, 0.25) is 0 Å². The van der Waals surface area contributed by atoms with E-state index >= 15 is 0 Å². The zero-order valence-corrected chi connectivity index (χ0v) is 10.1. The van der Waals surface area contributed by atoms with Crippen molar-refractivity contribution in [2.24, 2.45) is 5.41 Å². The van der Waals surface area contributed by atoms with E-state index in [1.54, 1.807) is 12.5 Å². The molecule has 2 aromatic rings.